The second-order valence-electron chi connectivity index (χ2n) is 5.63. The van der Waals surface area contributed by atoms with Crippen molar-refractivity contribution in [3.8, 4) is 0 Å². The maximum Gasteiger partial charge on any atom is 0.311 e. The Labute approximate surface area is 153 Å². The van der Waals surface area contributed by atoms with Gasteiger partial charge in [0.2, 0.25) is 5.91 Å². The van der Waals surface area contributed by atoms with Gasteiger partial charge in [-0.05, 0) is 25.0 Å². The van der Waals surface area contributed by atoms with Crippen molar-refractivity contribution in [1.82, 2.24) is 5.32 Å². The molecule has 2 rings (SSSR count). The first-order chi connectivity index (χ1) is 11.8. The predicted molar refractivity (Wildman–Crippen MR) is 92.0 cm³/mol. The predicted octanol–water partition coefficient (Wildman–Crippen LogP) is 2.34. The fourth-order valence-corrected chi connectivity index (χ4v) is 3.45. The largest absolute Gasteiger partial charge is 0.481 e. The Hall–Kier alpha value is -1.84. The molecule has 25 heavy (non-hydrogen) atoms. The van der Waals surface area contributed by atoms with E-state index in [0.29, 0.717) is 31.0 Å². The molecular weight excluding hydrogens is 372 g/mol. The van der Waals surface area contributed by atoms with Gasteiger partial charge in [-0.1, -0.05) is 11.6 Å². The SMILES string of the molecule is O=C(CSc1ccc(Cl)cc1[N+](=O)[O-])NCC1(C(=O)O)CCOCC1. The van der Waals surface area contributed by atoms with E-state index in [-0.39, 0.29) is 28.9 Å². The van der Waals surface area contributed by atoms with Gasteiger partial charge in [-0.3, -0.25) is 19.7 Å². The topological polar surface area (TPSA) is 119 Å². The zero-order chi connectivity index (χ0) is 18.4. The molecule has 0 aromatic heterocycles. The van der Waals surface area contributed by atoms with Crippen molar-refractivity contribution in [2.45, 2.75) is 17.7 Å². The Kier molecular flexibility index (Phi) is 6.63. The van der Waals surface area contributed by atoms with Gasteiger partial charge < -0.3 is 15.2 Å². The normalized spacial score (nSPS) is 16.2. The Bertz CT molecular complexity index is 678. The third-order valence-corrected chi connectivity index (χ3v) is 5.30. The molecule has 1 aromatic rings. The minimum Gasteiger partial charge on any atom is -0.481 e. The molecular formula is C15H17ClN2O6S. The number of nitro groups is 1. The number of nitro benzene ring substituents is 1. The highest BCUT2D eigenvalue weighted by molar-refractivity contribution is 8.00. The molecule has 0 saturated carbocycles. The van der Waals surface area contributed by atoms with E-state index in [4.69, 9.17) is 16.3 Å². The van der Waals surface area contributed by atoms with Crippen molar-refractivity contribution < 1.29 is 24.4 Å². The molecule has 0 bridgehead atoms. The van der Waals surface area contributed by atoms with Crippen LogP contribution in [0, 0.1) is 15.5 Å². The first-order valence-electron chi connectivity index (χ1n) is 7.49. The van der Waals surface area contributed by atoms with Gasteiger partial charge in [-0.25, -0.2) is 0 Å². The van der Waals surface area contributed by atoms with Crippen LogP contribution in [0.1, 0.15) is 12.8 Å². The zero-order valence-electron chi connectivity index (χ0n) is 13.2. The van der Waals surface area contributed by atoms with Gasteiger partial charge in [-0.2, -0.15) is 0 Å². The third-order valence-electron chi connectivity index (χ3n) is 4.00. The fraction of sp³-hybridized carbons (Fsp3) is 0.467. The lowest BCUT2D eigenvalue weighted by Crippen LogP contribution is -2.46. The molecule has 1 amide bonds. The van der Waals surface area contributed by atoms with Gasteiger partial charge in [0.1, 0.15) is 0 Å². The number of benzene rings is 1. The number of carboxylic acid groups (broad SMARTS) is 1. The molecule has 10 heteroatoms. The number of aliphatic carboxylic acids is 1. The van der Waals surface area contributed by atoms with E-state index in [2.05, 4.69) is 5.32 Å². The molecule has 1 aliphatic rings. The highest BCUT2D eigenvalue weighted by Gasteiger charge is 2.40. The molecule has 1 fully saturated rings. The van der Waals surface area contributed by atoms with E-state index in [0.717, 1.165) is 11.8 Å². The fourth-order valence-electron chi connectivity index (χ4n) is 2.45. The second kappa shape index (κ2) is 8.50. The van der Waals surface area contributed by atoms with E-state index >= 15 is 0 Å². The lowest BCUT2D eigenvalue weighted by Gasteiger charge is -2.33. The van der Waals surface area contributed by atoms with Gasteiger partial charge in [0.05, 0.1) is 21.0 Å². The first kappa shape index (κ1) is 19.5. The van der Waals surface area contributed by atoms with E-state index < -0.39 is 16.3 Å². The molecule has 0 unspecified atom stereocenters. The quantitative estimate of drug-likeness (QED) is 0.418. The summed E-state index contributed by atoms with van der Waals surface area (Å²) < 4.78 is 5.18. The number of thioether (sulfide) groups is 1. The van der Waals surface area contributed by atoms with Crippen molar-refractivity contribution >= 4 is 40.9 Å². The van der Waals surface area contributed by atoms with Gasteiger partial charge in [0.15, 0.2) is 0 Å². The summed E-state index contributed by atoms with van der Waals surface area (Å²) in [5.74, 6) is -1.41. The summed E-state index contributed by atoms with van der Waals surface area (Å²) >= 11 is 6.75. The maximum absolute atomic E-state index is 12.0. The van der Waals surface area contributed by atoms with Crippen molar-refractivity contribution in [3.05, 3.63) is 33.3 Å². The van der Waals surface area contributed by atoms with Crippen molar-refractivity contribution in [3.63, 3.8) is 0 Å². The molecule has 0 aliphatic carbocycles. The smallest absolute Gasteiger partial charge is 0.311 e. The standard InChI is InChI=1S/C15H17ClN2O6S/c16-10-1-2-12(11(7-10)18(22)23)25-8-13(19)17-9-15(14(20)21)3-5-24-6-4-15/h1-2,7H,3-6,8-9H2,(H,17,19)(H,20,21). The number of rotatable bonds is 7. The minimum atomic E-state index is -1.02. The molecule has 1 heterocycles. The summed E-state index contributed by atoms with van der Waals surface area (Å²) in [6.07, 6.45) is 0.664. The summed E-state index contributed by atoms with van der Waals surface area (Å²) in [5.41, 5.74) is -1.19. The van der Waals surface area contributed by atoms with E-state index in [1.54, 1.807) is 0 Å². The number of carbonyl (C=O) groups is 2. The summed E-state index contributed by atoms with van der Waals surface area (Å²) in [6.45, 7) is 0.690. The van der Waals surface area contributed by atoms with E-state index in [1.807, 2.05) is 0 Å². The second-order valence-corrected chi connectivity index (χ2v) is 7.09. The number of carboxylic acids is 1. The van der Waals surface area contributed by atoms with Crippen LogP contribution in [-0.2, 0) is 14.3 Å². The molecule has 0 atom stereocenters. The van der Waals surface area contributed by atoms with Crippen LogP contribution in [-0.4, -0.2) is 47.4 Å². The van der Waals surface area contributed by atoms with Gasteiger partial charge >= 0.3 is 5.97 Å². The molecule has 1 saturated heterocycles. The third kappa shape index (κ3) is 5.07. The van der Waals surface area contributed by atoms with Crippen LogP contribution in [0.4, 0.5) is 5.69 Å². The van der Waals surface area contributed by atoms with Crippen LogP contribution in [0.3, 0.4) is 0 Å². The van der Waals surface area contributed by atoms with Gasteiger partial charge in [0, 0.05) is 30.8 Å². The lowest BCUT2D eigenvalue weighted by atomic mass is 9.80. The number of amides is 1. The van der Waals surface area contributed by atoms with E-state index in [1.165, 1.54) is 18.2 Å². The van der Waals surface area contributed by atoms with Crippen molar-refractivity contribution in [2.24, 2.45) is 5.41 Å². The zero-order valence-corrected chi connectivity index (χ0v) is 14.8. The van der Waals surface area contributed by atoms with Gasteiger partial charge in [0.25, 0.3) is 5.69 Å². The average Bonchev–Trinajstić information content (AvgIpc) is 2.59. The van der Waals surface area contributed by atoms with Crippen LogP contribution < -0.4 is 5.32 Å². The number of nitrogens with one attached hydrogen (secondary N) is 1. The number of ether oxygens (including phenoxy) is 1. The molecule has 136 valence electrons. The maximum atomic E-state index is 12.0. The Morgan fingerprint density at radius 3 is 2.68 bits per heavy atom. The number of hydrogen-bond acceptors (Lipinski definition) is 6. The Morgan fingerprint density at radius 2 is 2.08 bits per heavy atom. The van der Waals surface area contributed by atoms with Gasteiger partial charge in [-0.15, -0.1) is 11.8 Å². The Morgan fingerprint density at radius 1 is 1.40 bits per heavy atom. The summed E-state index contributed by atoms with van der Waals surface area (Å²) in [6, 6.07) is 4.22. The molecule has 0 spiro atoms. The summed E-state index contributed by atoms with van der Waals surface area (Å²) in [4.78, 5) is 34.3. The lowest BCUT2D eigenvalue weighted by molar-refractivity contribution is -0.387. The molecule has 0 radical (unpaired) electrons. The summed E-state index contributed by atoms with van der Waals surface area (Å²) in [7, 11) is 0. The number of nitrogens with zero attached hydrogens (tertiary/aromatic N) is 1. The number of carbonyl (C=O) groups excluding carboxylic acids is 1. The highest BCUT2D eigenvalue weighted by atomic mass is 35.5. The highest BCUT2D eigenvalue weighted by Crippen LogP contribution is 2.32. The van der Waals surface area contributed by atoms with Crippen LogP contribution >= 0.6 is 23.4 Å². The molecule has 2 N–H and O–H groups in total. The van der Waals surface area contributed by atoms with Crippen LogP contribution in [0.25, 0.3) is 0 Å². The summed E-state index contributed by atoms with van der Waals surface area (Å²) in [5, 5.41) is 23.3. The average molecular weight is 389 g/mol. The Balaban J connectivity index is 1.93. The molecule has 1 aliphatic heterocycles. The van der Waals surface area contributed by atoms with Crippen LogP contribution in [0.15, 0.2) is 23.1 Å². The molecule has 1 aromatic carbocycles. The number of halogens is 1. The molecule has 8 nitrogen and oxygen atoms in total. The van der Waals surface area contributed by atoms with Crippen molar-refractivity contribution in [2.75, 3.05) is 25.5 Å². The minimum absolute atomic E-state index is 0.00774. The monoisotopic (exact) mass is 388 g/mol. The first-order valence-corrected chi connectivity index (χ1v) is 8.85. The van der Waals surface area contributed by atoms with Crippen molar-refractivity contribution in [1.29, 1.82) is 0 Å². The van der Waals surface area contributed by atoms with Crippen LogP contribution in [0.2, 0.25) is 5.02 Å². The van der Waals surface area contributed by atoms with E-state index in [9.17, 15) is 24.8 Å². The number of hydrogen-bond donors (Lipinski definition) is 2. The van der Waals surface area contributed by atoms with Crippen LogP contribution in [0.5, 0.6) is 0 Å².